The first kappa shape index (κ1) is 15.9. The van der Waals surface area contributed by atoms with Crippen molar-refractivity contribution in [1.82, 2.24) is 10.2 Å². The Bertz CT molecular complexity index is 241. The van der Waals surface area contributed by atoms with E-state index in [2.05, 4.69) is 37.9 Å². The van der Waals surface area contributed by atoms with Gasteiger partial charge in [-0.2, -0.15) is 0 Å². The lowest BCUT2D eigenvalue weighted by molar-refractivity contribution is -0.0139. The van der Waals surface area contributed by atoms with Crippen LogP contribution in [-0.4, -0.2) is 49.3 Å². The number of ether oxygens (including phenoxy) is 1. The third kappa shape index (κ3) is 3.69. The van der Waals surface area contributed by atoms with Crippen LogP contribution >= 0.6 is 0 Å². The van der Waals surface area contributed by atoms with Crippen LogP contribution in [0.25, 0.3) is 0 Å². The van der Waals surface area contributed by atoms with Gasteiger partial charge in [-0.1, -0.05) is 6.92 Å². The number of nitrogens with one attached hydrogen (secondary N) is 1. The summed E-state index contributed by atoms with van der Waals surface area (Å²) in [4.78, 5) is 2.69. The predicted octanol–water partition coefficient (Wildman–Crippen LogP) is 2.65. The van der Waals surface area contributed by atoms with Crippen molar-refractivity contribution in [2.75, 3.05) is 20.7 Å². The highest BCUT2D eigenvalue weighted by atomic mass is 16.5. The maximum absolute atomic E-state index is 5.60. The van der Waals surface area contributed by atoms with Crippen molar-refractivity contribution < 1.29 is 4.74 Å². The van der Waals surface area contributed by atoms with E-state index >= 15 is 0 Å². The van der Waals surface area contributed by atoms with Crippen LogP contribution in [-0.2, 0) is 4.74 Å². The maximum Gasteiger partial charge on any atom is 0.0775 e. The van der Waals surface area contributed by atoms with Crippen molar-refractivity contribution in [3.63, 3.8) is 0 Å². The van der Waals surface area contributed by atoms with Gasteiger partial charge in [0.1, 0.15) is 0 Å². The van der Waals surface area contributed by atoms with Crippen LogP contribution in [0.1, 0.15) is 53.4 Å². The molecule has 3 unspecified atom stereocenters. The summed E-state index contributed by atoms with van der Waals surface area (Å²) in [5.74, 6) is 0. The molecular weight excluding hydrogens is 224 g/mol. The molecule has 1 aliphatic heterocycles. The highest BCUT2D eigenvalue weighted by molar-refractivity contribution is 4.89. The van der Waals surface area contributed by atoms with Crippen LogP contribution in [0.3, 0.4) is 0 Å². The normalized spacial score (nSPS) is 27.7. The van der Waals surface area contributed by atoms with Gasteiger partial charge in [-0.05, 0) is 53.5 Å². The lowest BCUT2D eigenvalue weighted by Crippen LogP contribution is -2.49. The Labute approximate surface area is 113 Å². The average Bonchev–Trinajstić information content (AvgIpc) is 2.71. The van der Waals surface area contributed by atoms with Crippen molar-refractivity contribution in [1.29, 1.82) is 0 Å². The van der Waals surface area contributed by atoms with E-state index in [0.29, 0.717) is 6.04 Å². The number of methoxy groups -OCH3 is 1. The molecule has 3 atom stereocenters. The quantitative estimate of drug-likeness (QED) is 0.758. The zero-order chi connectivity index (χ0) is 13.8. The van der Waals surface area contributed by atoms with Gasteiger partial charge in [0.05, 0.1) is 5.60 Å². The smallest absolute Gasteiger partial charge is 0.0775 e. The molecule has 1 fully saturated rings. The lowest BCUT2D eigenvalue weighted by Gasteiger charge is -2.36. The first-order chi connectivity index (χ1) is 8.46. The molecular formula is C15H32N2O. The van der Waals surface area contributed by atoms with Gasteiger partial charge >= 0.3 is 0 Å². The van der Waals surface area contributed by atoms with Gasteiger partial charge in [0.15, 0.2) is 0 Å². The summed E-state index contributed by atoms with van der Waals surface area (Å²) in [6.07, 6.45) is 5.16. The van der Waals surface area contributed by atoms with E-state index in [1.165, 1.54) is 25.8 Å². The topological polar surface area (TPSA) is 24.5 Å². The molecule has 0 radical (unpaired) electrons. The molecule has 0 amide bonds. The number of rotatable bonds is 7. The van der Waals surface area contributed by atoms with Crippen LogP contribution in [0.4, 0.5) is 0 Å². The number of hydrogen-bond donors (Lipinski definition) is 1. The Morgan fingerprint density at radius 3 is 2.56 bits per heavy atom. The van der Waals surface area contributed by atoms with Crippen molar-refractivity contribution in [3.05, 3.63) is 0 Å². The molecule has 1 rings (SSSR count). The molecule has 1 heterocycles. The van der Waals surface area contributed by atoms with Crippen molar-refractivity contribution in [3.8, 4) is 0 Å². The second-order valence-electron chi connectivity index (χ2n) is 6.16. The SMILES string of the molecule is CCC1CCC(C)N1CCC(NC)C(C)(C)OC. The molecule has 1 aliphatic rings. The fraction of sp³-hybridized carbons (Fsp3) is 1.00. The highest BCUT2D eigenvalue weighted by Gasteiger charge is 2.32. The van der Waals surface area contributed by atoms with Gasteiger partial charge in [-0.3, -0.25) is 4.90 Å². The molecule has 18 heavy (non-hydrogen) atoms. The Hall–Kier alpha value is -0.120. The van der Waals surface area contributed by atoms with E-state index in [4.69, 9.17) is 4.74 Å². The molecule has 3 heteroatoms. The molecule has 0 aliphatic carbocycles. The molecule has 1 saturated heterocycles. The number of likely N-dealkylation sites (N-methyl/N-ethyl adjacent to an activating group) is 1. The van der Waals surface area contributed by atoms with E-state index in [1.807, 2.05) is 7.05 Å². The molecule has 108 valence electrons. The fourth-order valence-electron chi connectivity index (χ4n) is 3.23. The Morgan fingerprint density at radius 1 is 1.39 bits per heavy atom. The second-order valence-corrected chi connectivity index (χ2v) is 6.16. The van der Waals surface area contributed by atoms with E-state index in [1.54, 1.807) is 7.11 Å². The molecule has 0 aromatic rings. The van der Waals surface area contributed by atoms with Gasteiger partial charge in [-0.25, -0.2) is 0 Å². The zero-order valence-corrected chi connectivity index (χ0v) is 13.1. The summed E-state index contributed by atoms with van der Waals surface area (Å²) in [7, 11) is 3.84. The van der Waals surface area contributed by atoms with Crippen LogP contribution in [0.5, 0.6) is 0 Å². The first-order valence-corrected chi connectivity index (χ1v) is 7.44. The monoisotopic (exact) mass is 256 g/mol. The number of hydrogen-bond acceptors (Lipinski definition) is 3. The van der Waals surface area contributed by atoms with Crippen LogP contribution in [0, 0.1) is 0 Å². The van der Waals surface area contributed by atoms with Gasteiger partial charge in [0.2, 0.25) is 0 Å². The minimum atomic E-state index is -0.0978. The van der Waals surface area contributed by atoms with Crippen molar-refractivity contribution in [2.45, 2.75) is 77.1 Å². The highest BCUT2D eigenvalue weighted by Crippen LogP contribution is 2.27. The van der Waals surface area contributed by atoms with E-state index in [0.717, 1.165) is 18.5 Å². The minimum Gasteiger partial charge on any atom is -0.377 e. The standard InChI is InChI=1S/C15H32N2O/c1-7-13-9-8-12(2)17(13)11-10-14(16-5)15(3,4)18-6/h12-14,16H,7-11H2,1-6H3. The summed E-state index contributed by atoms with van der Waals surface area (Å²) < 4.78 is 5.60. The summed E-state index contributed by atoms with van der Waals surface area (Å²) in [5, 5.41) is 3.41. The van der Waals surface area contributed by atoms with Crippen LogP contribution in [0.2, 0.25) is 0 Å². The van der Waals surface area contributed by atoms with Gasteiger partial charge < -0.3 is 10.1 Å². The maximum atomic E-state index is 5.60. The summed E-state index contributed by atoms with van der Waals surface area (Å²) in [6.45, 7) is 10.2. The lowest BCUT2D eigenvalue weighted by atomic mass is 9.95. The molecule has 0 aromatic carbocycles. The number of nitrogens with zero attached hydrogens (tertiary/aromatic N) is 1. The fourth-order valence-corrected chi connectivity index (χ4v) is 3.23. The zero-order valence-electron chi connectivity index (χ0n) is 13.1. The molecule has 3 nitrogen and oxygen atoms in total. The molecule has 0 saturated carbocycles. The van der Waals surface area contributed by atoms with Gasteiger partial charge in [0, 0.05) is 31.8 Å². The Balaban J connectivity index is 2.52. The number of likely N-dealkylation sites (tertiary alicyclic amines) is 1. The average molecular weight is 256 g/mol. The minimum absolute atomic E-state index is 0.0978. The van der Waals surface area contributed by atoms with Crippen LogP contribution < -0.4 is 5.32 Å². The molecule has 1 N–H and O–H groups in total. The van der Waals surface area contributed by atoms with E-state index in [9.17, 15) is 0 Å². The molecule has 0 bridgehead atoms. The Kier molecular flexibility index (Phi) is 6.09. The Morgan fingerprint density at radius 2 is 2.06 bits per heavy atom. The van der Waals surface area contributed by atoms with Gasteiger partial charge in [0.25, 0.3) is 0 Å². The van der Waals surface area contributed by atoms with Crippen molar-refractivity contribution in [2.24, 2.45) is 0 Å². The predicted molar refractivity (Wildman–Crippen MR) is 78.0 cm³/mol. The molecule has 0 aromatic heterocycles. The largest absolute Gasteiger partial charge is 0.377 e. The summed E-state index contributed by atoms with van der Waals surface area (Å²) in [6, 6.07) is 1.95. The van der Waals surface area contributed by atoms with E-state index in [-0.39, 0.29) is 5.60 Å². The molecule has 0 spiro atoms. The summed E-state index contributed by atoms with van der Waals surface area (Å²) >= 11 is 0. The van der Waals surface area contributed by atoms with Gasteiger partial charge in [-0.15, -0.1) is 0 Å². The third-order valence-electron chi connectivity index (χ3n) is 4.81. The van der Waals surface area contributed by atoms with E-state index < -0.39 is 0 Å². The third-order valence-corrected chi connectivity index (χ3v) is 4.81. The summed E-state index contributed by atoms with van der Waals surface area (Å²) in [5.41, 5.74) is -0.0978. The second kappa shape index (κ2) is 6.88. The first-order valence-electron chi connectivity index (χ1n) is 7.44. The van der Waals surface area contributed by atoms with Crippen LogP contribution in [0.15, 0.2) is 0 Å². The van der Waals surface area contributed by atoms with Crippen molar-refractivity contribution >= 4 is 0 Å².